The van der Waals surface area contributed by atoms with Gasteiger partial charge in [-0.3, -0.25) is 0 Å². The molecule has 1 aromatic carbocycles. The molecule has 1 N–H and O–H groups in total. The summed E-state index contributed by atoms with van der Waals surface area (Å²) >= 11 is 0. The normalized spacial score (nSPS) is 12.9. The van der Waals surface area contributed by atoms with Gasteiger partial charge >= 0.3 is 6.18 Å². The highest BCUT2D eigenvalue weighted by molar-refractivity contribution is 5.16. The number of benzene rings is 1. The molecule has 0 spiro atoms. The topological polar surface area (TPSA) is 20.2 Å². The fourth-order valence-electron chi connectivity index (χ4n) is 1.33. The molecule has 1 nitrogen and oxygen atoms in total. The molecule has 16 heavy (non-hydrogen) atoms. The minimum Gasteiger partial charge on any atom is -0.392 e. The number of alkyl halides is 3. The van der Waals surface area contributed by atoms with Gasteiger partial charge in [0.15, 0.2) is 0 Å². The molecular weight excluding hydrogens is 217 g/mol. The average Bonchev–Trinajstić information content (AvgIpc) is 2.24. The van der Waals surface area contributed by atoms with Crippen molar-refractivity contribution in [2.75, 3.05) is 6.61 Å². The number of hydrogen-bond donors (Lipinski definition) is 1. The van der Waals surface area contributed by atoms with Crippen LogP contribution in [-0.4, -0.2) is 17.9 Å². The number of rotatable bonds is 4. The largest absolute Gasteiger partial charge is 0.414 e. The van der Waals surface area contributed by atoms with E-state index < -0.39 is 18.4 Å². The van der Waals surface area contributed by atoms with E-state index in [2.05, 4.69) is 0 Å². The highest BCUT2D eigenvalue weighted by Crippen LogP contribution is 2.25. The number of aliphatic hydroxyl groups excluding tert-OH is 1. The first-order chi connectivity index (χ1) is 7.54. The Labute approximate surface area is 92.2 Å². The van der Waals surface area contributed by atoms with Crippen molar-refractivity contribution in [3.63, 3.8) is 0 Å². The van der Waals surface area contributed by atoms with Crippen molar-refractivity contribution in [3.05, 3.63) is 47.5 Å². The van der Waals surface area contributed by atoms with Crippen molar-refractivity contribution in [1.29, 1.82) is 0 Å². The molecule has 0 radical (unpaired) electrons. The molecule has 1 aromatic rings. The fraction of sp³-hybridized carbons (Fsp3) is 0.333. The maximum absolute atomic E-state index is 12.2. The van der Waals surface area contributed by atoms with E-state index in [-0.39, 0.29) is 6.42 Å². The number of aliphatic hydroxyl groups is 1. The first-order valence-electron chi connectivity index (χ1n) is 4.95. The van der Waals surface area contributed by atoms with Gasteiger partial charge in [-0.1, -0.05) is 36.4 Å². The van der Waals surface area contributed by atoms with Gasteiger partial charge in [0.2, 0.25) is 0 Å². The second-order valence-corrected chi connectivity index (χ2v) is 3.41. The molecule has 0 saturated carbocycles. The Bertz CT molecular complexity index is 341. The summed E-state index contributed by atoms with van der Waals surface area (Å²) in [6, 6.07) is 9.26. The SMILES string of the molecule is OC/C(=C\CCc1ccccc1)C(F)(F)F. The Balaban J connectivity index is 2.53. The van der Waals surface area contributed by atoms with Crippen molar-refractivity contribution in [2.45, 2.75) is 19.0 Å². The van der Waals surface area contributed by atoms with E-state index in [1.165, 1.54) is 0 Å². The predicted molar refractivity (Wildman–Crippen MR) is 56.0 cm³/mol. The Morgan fingerprint density at radius 2 is 1.81 bits per heavy atom. The molecule has 0 aliphatic rings. The molecule has 0 fully saturated rings. The molecular formula is C12H13F3O. The van der Waals surface area contributed by atoms with E-state index in [0.717, 1.165) is 11.6 Å². The van der Waals surface area contributed by atoms with Crippen LogP contribution in [-0.2, 0) is 6.42 Å². The lowest BCUT2D eigenvalue weighted by atomic mass is 10.1. The third kappa shape index (κ3) is 4.06. The standard InChI is InChI=1S/C12H13F3O/c13-12(14,15)11(9-16)8-4-7-10-5-2-1-3-6-10/h1-3,5-6,8,16H,4,7,9H2/b11-8+. The monoisotopic (exact) mass is 230 g/mol. The second kappa shape index (κ2) is 5.70. The van der Waals surface area contributed by atoms with Crippen LogP contribution in [0, 0.1) is 0 Å². The van der Waals surface area contributed by atoms with Crippen LogP contribution < -0.4 is 0 Å². The smallest absolute Gasteiger partial charge is 0.392 e. The van der Waals surface area contributed by atoms with Crippen LogP contribution in [0.2, 0.25) is 0 Å². The number of halogens is 3. The highest BCUT2D eigenvalue weighted by Gasteiger charge is 2.32. The molecule has 4 heteroatoms. The summed E-state index contributed by atoms with van der Waals surface area (Å²) in [6.45, 7) is -0.960. The zero-order chi connectivity index (χ0) is 12.0. The van der Waals surface area contributed by atoms with E-state index in [1.54, 1.807) is 0 Å². The minimum atomic E-state index is -4.43. The van der Waals surface area contributed by atoms with Crippen LogP contribution in [0.1, 0.15) is 12.0 Å². The first kappa shape index (κ1) is 12.8. The molecule has 0 amide bonds. The summed E-state index contributed by atoms with van der Waals surface area (Å²) < 4.78 is 36.7. The third-order valence-corrected chi connectivity index (χ3v) is 2.20. The summed E-state index contributed by atoms with van der Waals surface area (Å²) in [5.74, 6) is 0. The molecule has 0 atom stereocenters. The zero-order valence-corrected chi connectivity index (χ0v) is 8.67. The molecule has 0 heterocycles. The Morgan fingerprint density at radius 3 is 2.31 bits per heavy atom. The Morgan fingerprint density at radius 1 is 1.19 bits per heavy atom. The molecule has 0 aliphatic carbocycles. The van der Waals surface area contributed by atoms with Crippen molar-refractivity contribution < 1.29 is 18.3 Å². The number of aryl methyl sites for hydroxylation is 1. The highest BCUT2D eigenvalue weighted by atomic mass is 19.4. The van der Waals surface area contributed by atoms with Gasteiger partial charge in [0.1, 0.15) is 0 Å². The van der Waals surface area contributed by atoms with Crippen LogP contribution in [0.15, 0.2) is 42.0 Å². The summed E-state index contributed by atoms with van der Waals surface area (Å²) in [5.41, 5.74) is 0.113. The van der Waals surface area contributed by atoms with Gasteiger partial charge in [-0.25, -0.2) is 0 Å². The van der Waals surface area contributed by atoms with Gasteiger partial charge in [-0.15, -0.1) is 0 Å². The van der Waals surface area contributed by atoms with Gasteiger partial charge in [-0.05, 0) is 18.4 Å². The molecule has 0 bridgehead atoms. The molecule has 88 valence electrons. The predicted octanol–water partition coefficient (Wildman–Crippen LogP) is 3.10. The van der Waals surface area contributed by atoms with E-state index in [4.69, 9.17) is 5.11 Å². The van der Waals surface area contributed by atoms with Gasteiger partial charge in [0.25, 0.3) is 0 Å². The quantitative estimate of drug-likeness (QED) is 0.788. The third-order valence-electron chi connectivity index (χ3n) is 2.20. The summed E-state index contributed by atoms with van der Waals surface area (Å²) in [4.78, 5) is 0. The van der Waals surface area contributed by atoms with Crippen LogP contribution >= 0.6 is 0 Å². The average molecular weight is 230 g/mol. The zero-order valence-electron chi connectivity index (χ0n) is 8.67. The molecule has 0 unspecified atom stereocenters. The lowest BCUT2D eigenvalue weighted by molar-refractivity contribution is -0.0978. The van der Waals surface area contributed by atoms with E-state index in [1.807, 2.05) is 30.3 Å². The van der Waals surface area contributed by atoms with E-state index in [0.29, 0.717) is 6.42 Å². The number of hydrogen-bond acceptors (Lipinski definition) is 1. The summed E-state index contributed by atoms with van der Waals surface area (Å²) in [5, 5.41) is 8.57. The Hall–Kier alpha value is -1.29. The van der Waals surface area contributed by atoms with Crippen LogP contribution in [0.25, 0.3) is 0 Å². The van der Waals surface area contributed by atoms with Crippen LogP contribution in [0.3, 0.4) is 0 Å². The van der Waals surface area contributed by atoms with E-state index in [9.17, 15) is 13.2 Å². The van der Waals surface area contributed by atoms with Crippen molar-refractivity contribution in [2.24, 2.45) is 0 Å². The maximum Gasteiger partial charge on any atom is 0.414 e. The van der Waals surface area contributed by atoms with Crippen LogP contribution in [0.5, 0.6) is 0 Å². The Kier molecular flexibility index (Phi) is 4.55. The van der Waals surface area contributed by atoms with Gasteiger partial charge in [0.05, 0.1) is 12.2 Å². The van der Waals surface area contributed by atoms with Gasteiger partial charge in [0, 0.05) is 0 Å². The van der Waals surface area contributed by atoms with Crippen molar-refractivity contribution >= 4 is 0 Å². The maximum atomic E-state index is 12.2. The second-order valence-electron chi connectivity index (χ2n) is 3.41. The minimum absolute atomic E-state index is 0.277. The fourth-order valence-corrected chi connectivity index (χ4v) is 1.33. The van der Waals surface area contributed by atoms with Crippen molar-refractivity contribution in [1.82, 2.24) is 0 Å². The molecule has 0 saturated heterocycles. The first-order valence-corrected chi connectivity index (χ1v) is 4.95. The van der Waals surface area contributed by atoms with Crippen LogP contribution in [0.4, 0.5) is 13.2 Å². The molecule has 0 aliphatic heterocycles. The van der Waals surface area contributed by atoms with Gasteiger partial charge < -0.3 is 5.11 Å². The molecule has 0 aromatic heterocycles. The summed E-state index contributed by atoms with van der Waals surface area (Å²) in [6.07, 6.45) is -2.56. The van der Waals surface area contributed by atoms with Crippen molar-refractivity contribution in [3.8, 4) is 0 Å². The molecule has 1 rings (SSSR count). The number of allylic oxidation sites excluding steroid dienone is 1. The summed E-state index contributed by atoms with van der Waals surface area (Å²) in [7, 11) is 0. The lowest BCUT2D eigenvalue weighted by Gasteiger charge is -2.08. The van der Waals surface area contributed by atoms with E-state index >= 15 is 0 Å². The lowest BCUT2D eigenvalue weighted by Crippen LogP contribution is -2.15. The van der Waals surface area contributed by atoms with Gasteiger partial charge in [-0.2, -0.15) is 13.2 Å².